The Bertz CT molecular complexity index is 340. The first-order valence-electron chi connectivity index (χ1n) is 5.13. The lowest BCUT2D eigenvalue weighted by molar-refractivity contribution is 0.374. The van der Waals surface area contributed by atoms with Crippen molar-refractivity contribution >= 4 is 12.4 Å². The minimum atomic E-state index is -0.798. The molecule has 1 N–H and O–H groups in total. The van der Waals surface area contributed by atoms with Crippen LogP contribution < -0.4 is 5.32 Å². The van der Waals surface area contributed by atoms with Crippen LogP contribution in [0.4, 0.5) is 8.78 Å². The first-order valence-corrected chi connectivity index (χ1v) is 5.13. The van der Waals surface area contributed by atoms with Crippen LogP contribution in [0.3, 0.4) is 0 Å². The number of halogens is 3. The van der Waals surface area contributed by atoms with E-state index in [4.69, 9.17) is 0 Å². The maximum atomic E-state index is 12.9. The van der Waals surface area contributed by atoms with Crippen molar-refractivity contribution in [1.82, 2.24) is 5.32 Å². The van der Waals surface area contributed by atoms with E-state index < -0.39 is 11.6 Å². The van der Waals surface area contributed by atoms with E-state index >= 15 is 0 Å². The van der Waals surface area contributed by atoms with Gasteiger partial charge in [-0.1, -0.05) is 13.0 Å². The second-order valence-electron chi connectivity index (χ2n) is 4.34. The van der Waals surface area contributed by atoms with Crippen molar-refractivity contribution < 1.29 is 8.78 Å². The van der Waals surface area contributed by atoms with Gasteiger partial charge < -0.3 is 5.32 Å². The molecule has 0 fully saturated rings. The monoisotopic (exact) mass is 249 g/mol. The van der Waals surface area contributed by atoms with Gasteiger partial charge in [0.2, 0.25) is 0 Å². The molecular formula is C12H18ClF2N. The number of rotatable bonds is 4. The zero-order valence-electron chi connectivity index (χ0n) is 9.81. The Labute approximate surface area is 102 Å². The van der Waals surface area contributed by atoms with Gasteiger partial charge in [0.25, 0.3) is 0 Å². The number of hydrogen-bond donors (Lipinski definition) is 1. The van der Waals surface area contributed by atoms with Crippen molar-refractivity contribution in [3.8, 4) is 0 Å². The Morgan fingerprint density at radius 1 is 1.19 bits per heavy atom. The molecule has 0 unspecified atom stereocenters. The summed E-state index contributed by atoms with van der Waals surface area (Å²) in [5.74, 6) is -1.59. The van der Waals surface area contributed by atoms with Gasteiger partial charge in [0.15, 0.2) is 11.6 Å². The van der Waals surface area contributed by atoms with Gasteiger partial charge in [-0.2, -0.15) is 0 Å². The zero-order chi connectivity index (χ0) is 11.5. The lowest BCUT2D eigenvalue weighted by atomic mass is 10.0. The fourth-order valence-electron chi connectivity index (χ4n) is 1.12. The van der Waals surface area contributed by atoms with Crippen LogP contribution in [0.25, 0.3) is 0 Å². The molecule has 0 atom stereocenters. The summed E-state index contributed by atoms with van der Waals surface area (Å²) in [5, 5.41) is 3.28. The summed E-state index contributed by atoms with van der Waals surface area (Å²) in [5.41, 5.74) is 0.778. The fraction of sp³-hybridized carbons (Fsp3) is 0.500. The Kier molecular flexibility index (Phi) is 5.90. The predicted octanol–water partition coefficient (Wildman–Crippen LogP) is 3.66. The van der Waals surface area contributed by atoms with Crippen molar-refractivity contribution in [3.63, 3.8) is 0 Å². The standard InChI is InChI=1S/C12H17F2N.ClH/c1-4-12(2,3)15-8-9-5-6-10(13)11(14)7-9;/h5-7,15H,4,8H2,1-3H3;1H. The number of benzene rings is 1. The molecule has 0 heterocycles. The average Bonchev–Trinajstić information content (AvgIpc) is 2.20. The van der Waals surface area contributed by atoms with Crippen LogP contribution in [0.15, 0.2) is 18.2 Å². The van der Waals surface area contributed by atoms with Gasteiger partial charge in [-0.05, 0) is 38.0 Å². The summed E-state index contributed by atoms with van der Waals surface area (Å²) in [4.78, 5) is 0. The lowest BCUT2D eigenvalue weighted by Gasteiger charge is -2.24. The normalized spacial score (nSPS) is 11.1. The van der Waals surface area contributed by atoms with Gasteiger partial charge in [0.05, 0.1) is 0 Å². The van der Waals surface area contributed by atoms with Crippen LogP contribution in [-0.4, -0.2) is 5.54 Å². The summed E-state index contributed by atoms with van der Waals surface area (Å²) in [6, 6.07) is 3.98. The molecule has 0 radical (unpaired) electrons. The molecule has 0 aliphatic carbocycles. The minimum absolute atomic E-state index is 0. The third-order valence-electron chi connectivity index (χ3n) is 2.64. The lowest BCUT2D eigenvalue weighted by Crippen LogP contribution is -2.37. The van der Waals surface area contributed by atoms with Crippen LogP contribution in [-0.2, 0) is 6.54 Å². The number of nitrogens with one attached hydrogen (secondary N) is 1. The van der Waals surface area contributed by atoms with Crippen LogP contribution in [0, 0.1) is 11.6 Å². The van der Waals surface area contributed by atoms with Gasteiger partial charge in [0.1, 0.15) is 0 Å². The molecule has 0 aromatic heterocycles. The molecule has 0 amide bonds. The average molecular weight is 250 g/mol. The summed E-state index contributed by atoms with van der Waals surface area (Å²) in [7, 11) is 0. The summed E-state index contributed by atoms with van der Waals surface area (Å²) in [6.07, 6.45) is 0.983. The Morgan fingerprint density at radius 2 is 1.81 bits per heavy atom. The molecule has 1 nitrogen and oxygen atoms in total. The third kappa shape index (κ3) is 4.45. The number of hydrogen-bond acceptors (Lipinski definition) is 1. The highest BCUT2D eigenvalue weighted by Gasteiger charge is 2.13. The van der Waals surface area contributed by atoms with Crippen molar-refractivity contribution in [3.05, 3.63) is 35.4 Å². The van der Waals surface area contributed by atoms with E-state index in [1.54, 1.807) is 6.07 Å². The van der Waals surface area contributed by atoms with Crippen molar-refractivity contribution in [2.24, 2.45) is 0 Å². The summed E-state index contributed by atoms with van der Waals surface area (Å²) < 4.78 is 25.5. The molecule has 0 saturated heterocycles. The molecular weight excluding hydrogens is 232 g/mol. The van der Waals surface area contributed by atoms with E-state index in [2.05, 4.69) is 26.1 Å². The molecule has 1 aromatic carbocycles. The first-order chi connectivity index (χ1) is 6.94. The summed E-state index contributed by atoms with van der Waals surface area (Å²) in [6.45, 7) is 6.79. The zero-order valence-corrected chi connectivity index (χ0v) is 10.6. The van der Waals surface area contributed by atoms with Crippen molar-refractivity contribution in [1.29, 1.82) is 0 Å². The van der Waals surface area contributed by atoms with E-state index in [9.17, 15) is 8.78 Å². The van der Waals surface area contributed by atoms with E-state index in [-0.39, 0.29) is 17.9 Å². The molecule has 0 saturated carbocycles. The second-order valence-corrected chi connectivity index (χ2v) is 4.34. The van der Waals surface area contributed by atoms with Gasteiger partial charge in [0, 0.05) is 12.1 Å². The van der Waals surface area contributed by atoms with Crippen LogP contribution >= 0.6 is 12.4 Å². The Hall–Kier alpha value is -0.670. The predicted molar refractivity (Wildman–Crippen MR) is 64.8 cm³/mol. The van der Waals surface area contributed by atoms with E-state index in [0.717, 1.165) is 18.1 Å². The molecule has 0 bridgehead atoms. The van der Waals surface area contributed by atoms with E-state index in [1.807, 2.05) is 0 Å². The van der Waals surface area contributed by atoms with Gasteiger partial charge in [-0.25, -0.2) is 8.78 Å². The van der Waals surface area contributed by atoms with Crippen molar-refractivity contribution in [2.45, 2.75) is 39.3 Å². The molecule has 0 spiro atoms. The van der Waals surface area contributed by atoms with Gasteiger partial charge >= 0.3 is 0 Å². The molecule has 0 aliphatic rings. The van der Waals surface area contributed by atoms with Gasteiger partial charge in [-0.3, -0.25) is 0 Å². The Balaban J connectivity index is 0.00000225. The fourth-order valence-corrected chi connectivity index (χ4v) is 1.12. The van der Waals surface area contributed by atoms with Crippen molar-refractivity contribution in [2.75, 3.05) is 0 Å². The van der Waals surface area contributed by atoms with E-state index in [0.29, 0.717) is 6.54 Å². The first kappa shape index (κ1) is 15.3. The maximum Gasteiger partial charge on any atom is 0.159 e. The second kappa shape index (κ2) is 6.16. The molecule has 1 aromatic rings. The summed E-state index contributed by atoms with van der Waals surface area (Å²) >= 11 is 0. The maximum absolute atomic E-state index is 12.9. The highest BCUT2D eigenvalue weighted by atomic mass is 35.5. The molecule has 0 aliphatic heterocycles. The smallest absolute Gasteiger partial charge is 0.159 e. The van der Waals surface area contributed by atoms with Crippen LogP contribution in [0.5, 0.6) is 0 Å². The molecule has 4 heteroatoms. The topological polar surface area (TPSA) is 12.0 Å². The quantitative estimate of drug-likeness (QED) is 0.859. The van der Waals surface area contributed by atoms with E-state index in [1.165, 1.54) is 6.07 Å². The van der Waals surface area contributed by atoms with Gasteiger partial charge in [-0.15, -0.1) is 12.4 Å². The molecule has 92 valence electrons. The third-order valence-corrected chi connectivity index (χ3v) is 2.64. The SMILES string of the molecule is CCC(C)(C)NCc1ccc(F)c(F)c1.Cl. The van der Waals surface area contributed by atoms with Crippen LogP contribution in [0.2, 0.25) is 0 Å². The highest BCUT2D eigenvalue weighted by Crippen LogP contribution is 2.11. The largest absolute Gasteiger partial charge is 0.308 e. The molecule has 1 rings (SSSR count). The molecule has 16 heavy (non-hydrogen) atoms. The van der Waals surface area contributed by atoms with Crippen LogP contribution in [0.1, 0.15) is 32.8 Å². The minimum Gasteiger partial charge on any atom is -0.308 e. The highest BCUT2D eigenvalue weighted by molar-refractivity contribution is 5.85. The Morgan fingerprint density at radius 3 is 2.31 bits per heavy atom.